The van der Waals surface area contributed by atoms with E-state index in [4.69, 9.17) is 5.73 Å². The molecule has 1 saturated heterocycles. The molecule has 0 aliphatic carbocycles. The first kappa shape index (κ1) is 16.3. The van der Waals surface area contributed by atoms with Crippen LogP contribution < -0.4 is 5.73 Å². The Morgan fingerprint density at radius 2 is 1.77 bits per heavy atom. The fourth-order valence-corrected chi connectivity index (χ4v) is 3.47. The molecule has 3 aromatic rings. The molecule has 2 aromatic heterocycles. The third kappa shape index (κ3) is 2.92. The molecule has 1 aliphatic rings. The molecule has 4 rings (SSSR count). The van der Waals surface area contributed by atoms with Gasteiger partial charge in [0.05, 0.1) is 0 Å². The maximum Gasteiger partial charge on any atom is 0.253 e. The number of rotatable bonds is 3. The number of likely N-dealkylation sites (tertiary alicyclic amines) is 1. The van der Waals surface area contributed by atoms with E-state index in [-0.39, 0.29) is 11.8 Å². The van der Waals surface area contributed by atoms with E-state index < -0.39 is 5.91 Å². The molecule has 26 heavy (non-hydrogen) atoms. The third-order valence-electron chi connectivity index (χ3n) is 4.88. The number of benzene rings is 1. The van der Waals surface area contributed by atoms with Gasteiger partial charge in [-0.25, -0.2) is 0 Å². The van der Waals surface area contributed by atoms with E-state index in [9.17, 15) is 9.59 Å². The van der Waals surface area contributed by atoms with Crippen molar-refractivity contribution in [3.63, 3.8) is 0 Å². The van der Waals surface area contributed by atoms with Crippen molar-refractivity contribution < 1.29 is 9.59 Å². The van der Waals surface area contributed by atoms with Crippen LogP contribution in [0.2, 0.25) is 0 Å². The summed E-state index contributed by atoms with van der Waals surface area (Å²) in [6.07, 6.45) is 3.63. The summed E-state index contributed by atoms with van der Waals surface area (Å²) in [5.41, 5.74) is 6.98. The van der Waals surface area contributed by atoms with Crippen molar-refractivity contribution in [3.8, 4) is 0 Å². The smallest absolute Gasteiger partial charge is 0.253 e. The van der Waals surface area contributed by atoms with E-state index in [0.29, 0.717) is 24.2 Å². The normalized spacial score (nSPS) is 15.3. The molecule has 0 spiro atoms. The second kappa shape index (κ2) is 6.59. The van der Waals surface area contributed by atoms with Crippen molar-refractivity contribution in [3.05, 3.63) is 65.6 Å². The number of carbonyl (C=O) groups excluding carboxylic acids is 2. The van der Waals surface area contributed by atoms with Gasteiger partial charge in [-0.15, -0.1) is 10.2 Å². The molecule has 0 bridgehead atoms. The van der Waals surface area contributed by atoms with Crippen LogP contribution in [0.3, 0.4) is 0 Å². The summed E-state index contributed by atoms with van der Waals surface area (Å²) in [5.74, 6) is 0.617. The molecule has 0 saturated carbocycles. The highest BCUT2D eigenvalue weighted by atomic mass is 16.2. The zero-order chi connectivity index (χ0) is 18.1. The number of hydrogen-bond acceptors (Lipinski definition) is 4. The van der Waals surface area contributed by atoms with Crippen LogP contribution in [0.1, 0.15) is 45.3 Å². The fourth-order valence-electron chi connectivity index (χ4n) is 3.47. The van der Waals surface area contributed by atoms with Crippen LogP contribution in [0.4, 0.5) is 0 Å². The number of nitrogens with two attached hydrogens (primary N) is 1. The van der Waals surface area contributed by atoms with Crippen molar-refractivity contribution in [1.82, 2.24) is 19.5 Å². The van der Waals surface area contributed by atoms with E-state index in [1.54, 1.807) is 24.3 Å². The van der Waals surface area contributed by atoms with Crippen LogP contribution in [0.25, 0.3) is 5.65 Å². The summed E-state index contributed by atoms with van der Waals surface area (Å²) < 4.78 is 2.01. The van der Waals surface area contributed by atoms with Crippen LogP contribution in [0.5, 0.6) is 0 Å². The van der Waals surface area contributed by atoms with Gasteiger partial charge in [0.1, 0.15) is 5.82 Å². The molecule has 7 nitrogen and oxygen atoms in total. The molecule has 0 atom stereocenters. The Morgan fingerprint density at radius 3 is 2.54 bits per heavy atom. The van der Waals surface area contributed by atoms with Gasteiger partial charge in [-0.05, 0) is 43.2 Å². The van der Waals surface area contributed by atoms with Gasteiger partial charge >= 0.3 is 0 Å². The van der Waals surface area contributed by atoms with Crippen LogP contribution in [-0.2, 0) is 0 Å². The molecule has 1 aromatic carbocycles. The van der Waals surface area contributed by atoms with Crippen molar-refractivity contribution in [2.45, 2.75) is 18.8 Å². The molecule has 2 N–H and O–H groups in total. The number of amides is 2. The summed E-state index contributed by atoms with van der Waals surface area (Å²) in [4.78, 5) is 25.9. The average molecular weight is 349 g/mol. The number of nitrogens with zero attached hydrogens (tertiary/aromatic N) is 4. The van der Waals surface area contributed by atoms with Crippen LogP contribution in [0, 0.1) is 0 Å². The minimum absolute atomic E-state index is 0.0716. The van der Waals surface area contributed by atoms with Gasteiger partial charge in [-0.1, -0.05) is 12.1 Å². The number of primary amides is 1. The summed E-state index contributed by atoms with van der Waals surface area (Å²) in [6.45, 7) is 1.29. The van der Waals surface area contributed by atoms with Gasteiger partial charge in [-0.2, -0.15) is 0 Å². The van der Waals surface area contributed by atoms with Crippen molar-refractivity contribution >= 4 is 17.5 Å². The van der Waals surface area contributed by atoms with Crippen LogP contribution in [0.15, 0.2) is 48.7 Å². The Morgan fingerprint density at radius 1 is 1.00 bits per heavy atom. The Balaban J connectivity index is 1.47. The number of aromatic nitrogens is 3. The molecule has 1 aliphatic heterocycles. The summed E-state index contributed by atoms with van der Waals surface area (Å²) in [6, 6.07) is 12.4. The summed E-state index contributed by atoms with van der Waals surface area (Å²) >= 11 is 0. The Kier molecular flexibility index (Phi) is 4.12. The quantitative estimate of drug-likeness (QED) is 0.781. The molecule has 7 heteroatoms. The van der Waals surface area contributed by atoms with E-state index in [1.165, 1.54) is 0 Å². The topological polar surface area (TPSA) is 93.6 Å². The lowest BCUT2D eigenvalue weighted by Crippen LogP contribution is -2.38. The zero-order valence-electron chi connectivity index (χ0n) is 14.2. The van der Waals surface area contributed by atoms with Gasteiger partial charge < -0.3 is 10.6 Å². The fraction of sp³-hybridized carbons (Fsp3) is 0.263. The first-order chi connectivity index (χ1) is 12.6. The number of hydrogen-bond donors (Lipinski definition) is 1. The molecule has 0 radical (unpaired) electrons. The largest absolute Gasteiger partial charge is 0.366 e. The standard InChI is InChI=1S/C19H19N5O2/c20-17(25)14-4-3-5-15(12-14)19(26)23-10-7-13(8-11-23)18-22-21-16-6-1-2-9-24(16)18/h1-6,9,12-13H,7-8,10-11H2,(H2,20,25). The average Bonchev–Trinajstić information content (AvgIpc) is 3.12. The molecule has 3 heterocycles. The second-order valence-electron chi connectivity index (χ2n) is 6.50. The summed E-state index contributed by atoms with van der Waals surface area (Å²) in [7, 11) is 0. The highest BCUT2D eigenvalue weighted by Crippen LogP contribution is 2.27. The van der Waals surface area contributed by atoms with Gasteiger partial charge in [0.25, 0.3) is 5.91 Å². The maximum absolute atomic E-state index is 12.7. The third-order valence-corrected chi connectivity index (χ3v) is 4.88. The number of piperidine rings is 1. The molecular formula is C19H19N5O2. The van der Waals surface area contributed by atoms with E-state index in [0.717, 1.165) is 24.3 Å². The lowest BCUT2D eigenvalue weighted by atomic mass is 9.95. The highest BCUT2D eigenvalue weighted by Gasteiger charge is 2.27. The van der Waals surface area contributed by atoms with Gasteiger partial charge in [0.15, 0.2) is 5.65 Å². The molecule has 132 valence electrons. The second-order valence-corrected chi connectivity index (χ2v) is 6.50. The molecule has 2 amide bonds. The first-order valence-electron chi connectivity index (χ1n) is 8.62. The monoisotopic (exact) mass is 349 g/mol. The van der Waals surface area contributed by atoms with Crippen LogP contribution >= 0.6 is 0 Å². The van der Waals surface area contributed by atoms with Crippen molar-refractivity contribution in [1.29, 1.82) is 0 Å². The predicted octanol–water partition coefficient (Wildman–Crippen LogP) is 1.85. The molecule has 0 unspecified atom stereocenters. The van der Waals surface area contributed by atoms with Crippen LogP contribution in [-0.4, -0.2) is 44.4 Å². The Hall–Kier alpha value is -3.22. The lowest BCUT2D eigenvalue weighted by molar-refractivity contribution is 0.0711. The van der Waals surface area contributed by atoms with Crippen molar-refractivity contribution in [2.24, 2.45) is 5.73 Å². The van der Waals surface area contributed by atoms with E-state index in [1.807, 2.05) is 33.7 Å². The Bertz CT molecular complexity index is 973. The number of pyridine rings is 1. The maximum atomic E-state index is 12.7. The molecule has 1 fully saturated rings. The molecular weight excluding hydrogens is 330 g/mol. The summed E-state index contributed by atoms with van der Waals surface area (Å²) in [5, 5.41) is 8.55. The van der Waals surface area contributed by atoms with E-state index in [2.05, 4.69) is 10.2 Å². The van der Waals surface area contributed by atoms with Gasteiger partial charge in [-0.3, -0.25) is 14.0 Å². The predicted molar refractivity (Wildman–Crippen MR) is 95.8 cm³/mol. The minimum Gasteiger partial charge on any atom is -0.366 e. The van der Waals surface area contributed by atoms with Crippen molar-refractivity contribution in [2.75, 3.05) is 13.1 Å². The van der Waals surface area contributed by atoms with Gasteiger partial charge in [0, 0.05) is 36.3 Å². The van der Waals surface area contributed by atoms with E-state index >= 15 is 0 Å². The number of carbonyl (C=O) groups is 2. The zero-order valence-corrected chi connectivity index (χ0v) is 14.2. The Labute approximate surface area is 150 Å². The lowest BCUT2D eigenvalue weighted by Gasteiger charge is -2.31. The SMILES string of the molecule is NC(=O)c1cccc(C(=O)N2CCC(c3nnc4ccccn34)CC2)c1. The van der Waals surface area contributed by atoms with Gasteiger partial charge in [0.2, 0.25) is 5.91 Å². The highest BCUT2D eigenvalue weighted by molar-refractivity contribution is 5.99. The first-order valence-corrected chi connectivity index (χ1v) is 8.62. The minimum atomic E-state index is -0.531. The number of fused-ring (bicyclic) bond motifs is 1.